The lowest BCUT2D eigenvalue weighted by Gasteiger charge is -2.17. The Balaban J connectivity index is 1.68. The summed E-state index contributed by atoms with van der Waals surface area (Å²) in [5, 5.41) is 14.5. The van der Waals surface area contributed by atoms with Crippen LogP contribution in [0.4, 0.5) is 11.4 Å². The molecule has 2 amide bonds. The molecule has 0 aromatic heterocycles. The SMILES string of the molecule is CCC(Sc1cccc(NC(=O)c2ccc(OC)cc2)c1)C(=O)Nc1cc(C(=O)O)ccc1C. The van der Waals surface area contributed by atoms with Crippen LogP contribution in [0.5, 0.6) is 5.75 Å². The molecular formula is C26H26N2O5S. The van der Waals surface area contributed by atoms with Crippen molar-refractivity contribution >= 4 is 40.9 Å². The number of ether oxygens (including phenoxy) is 1. The van der Waals surface area contributed by atoms with Crippen molar-refractivity contribution in [2.24, 2.45) is 0 Å². The normalized spacial score (nSPS) is 11.4. The fraction of sp³-hybridized carbons (Fsp3) is 0.192. The van der Waals surface area contributed by atoms with E-state index in [-0.39, 0.29) is 17.4 Å². The molecule has 3 aromatic rings. The smallest absolute Gasteiger partial charge is 0.335 e. The molecule has 3 aromatic carbocycles. The Morgan fingerprint density at radius 1 is 0.971 bits per heavy atom. The van der Waals surface area contributed by atoms with Gasteiger partial charge in [-0.1, -0.05) is 19.1 Å². The van der Waals surface area contributed by atoms with Crippen molar-refractivity contribution in [2.75, 3.05) is 17.7 Å². The van der Waals surface area contributed by atoms with Gasteiger partial charge in [-0.05, 0) is 73.5 Å². The number of thioether (sulfide) groups is 1. The largest absolute Gasteiger partial charge is 0.497 e. The van der Waals surface area contributed by atoms with Crippen LogP contribution >= 0.6 is 11.8 Å². The van der Waals surface area contributed by atoms with Crippen LogP contribution in [-0.4, -0.2) is 35.2 Å². The lowest BCUT2D eigenvalue weighted by molar-refractivity contribution is -0.115. The molecule has 176 valence electrons. The van der Waals surface area contributed by atoms with E-state index in [1.54, 1.807) is 43.5 Å². The van der Waals surface area contributed by atoms with E-state index in [2.05, 4.69) is 10.6 Å². The molecule has 8 heteroatoms. The van der Waals surface area contributed by atoms with Crippen LogP contribution in [0.1, 0.15) is 39.6 Å². The molecule has 3 rings (SSSR count). The summed E-state index contributed by atoms with van der Waals surface area (Å²) < 4.78 is 5.12. The molecule has 34 heavy (non-hydrogen) atoms. The van der Waals surface area contributed by atoms with Crippen LogP contribution in [0.2, 0.25) is 0 Å². The van der Waals surface area contributed by atoms with Crippen molar-refractivity contribution in [3.63, 3.8) is 0 Å². The number of hydrogen-bond acceptors (Lipinski definition) is 5. The molecule has 3 N–H and O–H groups in total. The average molecular weight is 479 g/mol. The fourth-order valence-corrected chi connectivity index (χ4v) is 4.20. The van der Waals surface area contributed by atoms with Gasteiger partial charge in [0.15, 0.2) is 0 Å². The minimum atomic E-state index is -1.05. The first-order valence-corrected chi connectivity index (χ1v) is 11.6. The van der Waals surface area contributed by atoms with Gasteiger partial charge in [0, 0.05) is 21.8 Å². The van der Waals surface area contributed by atoms with E-state index in [0.717, 1.165) is 10.5 Å². The number of carbonyl (C=O) groups excluding carboxylic acids is 2. The molecule has 0 heterocycles. The minimum absolute atomic E-state index is 0.113. The van der Waals surface area contributed by atoms with Crippen LogP contribution in [0, 0.1) is 6.92 Å². The molecule has 0 radical (unpaired) electrons. The standard InChI is InChI=1S/C26H26N2O5S/c1-4-23(25(30)28-22-14-18(26(31)32)9-8-16(22)2)34-21-7-5-6-19(15-21)27-24(29)17-10-12-20(33-3)13-11-17/h5-15,23H,4H2,1-3H3,(H,27,29)(H,28,30)(H,31,32). The summed E-state index contributed by atoms with van der Waals surface area (Å²) in [4.78, 5) is 37.6. The highest BCUT2D eigenvalue weighted by atomic mass is 32.2. The highest BCUT2D eigenvalue weighted by Crippen LogP contribution is 2.29. The summed E-state index contributed by atoms with van der Waals surface area (Å²) in [5.41, 5.74) is 2.49. The number of aromatic carboxylic acids is 1. The van der Waals surface area contributed by atoms with Gasteiger partial charge in [0.1, 0.15) is 5.75 Å². The van der Waals surface area contributed by atoms with E-state index < -0.39 is 11.2 Å². The van der Waals surface area contributed by atoms with E-state index in [1.165, 1.54) is 23.9 Å². The fourth-order valence-electron chi connectivity index (χ4n) is 3.18. The Labute approximate surface area is 202 Å². The van der Waals surface area contributed by atoms with Gasteiger partial charge in [-0.2, -0.15) is 0 Å². The maximum Gasteiger partial charge on any atom is 0.335 e. The molecule has 7 nitrogen and oxygen atoms in total. The summed E-state index contributed by atoms with van der Waals surface area (Å²) in [7, 11) is 1.57. The van der Waals surface area contributed by atoms with Crippen molar-refractivity contribution in [2.45, 2.75) is 30.4 Å². The predicted octanol–water partition coefficient (Wildman–Crippen LogP) is 5.46. The van der Waals surface area contributed by atoms with Crippen LogP contribution in [0.15, 0.2) is 71.6 Å². The number of aryl methyl sites for hydroxylation is 1. The third-order valence-corrected chi connectivity index (χ3v) is 6.49. The molecule has 0 saturated heterocycles. The summed E-state index contributed by atoms with van der Waals surface area (Å²) in [6.07, 6.45) is 0.566. The molecule has 0 aliphatic rings. The quantitative estimate of drug-likeness (QED) is 0.353. The van der Waals surface area contributed by atoms with Crippen molar-refractivity contribution < 1.29 is 24.2 Å². The molecule has 0 aliphatic carbocycles. The van der Waals surface area contributed by atoms with Gasteiger partial charge in [-0.15, -0.1) is 11.8 Å². The Kier molecular flexibility index (Phi) is 8.32. The summed E-state index contributed by atoms with van der Waals surface area (Å²) in [5.74, 6) is -0.844. The second kappa shape index (κ2) is 11.4. The van der Waals surface area contributed by atoms with Gasteiger partial charge >= 0.3 is 5.97 Å². The van der Waals surface area contributed by atoms with Crippen LogP contribution in [0.25, 0.3) is 0 Å². The van der Waals surface area contributed by atoms with E-state index in [9.17, 15) is 19.5 Å². The van der Waals surface area contributed by atoms with Gasteiger partial charge in [0.2, 0.25) is 5.91 Å². The first-order chi connectivity index (χ1) is 16.3. The lowest BCUT2D eigenvalue weighted by atomic mass is 10.1. The Hall–Kier alpha value is -3.78. The van der Waals surface area contributed by atoms with Gasteiger partial charge in [0.05, 0.1) is 17.9 Å². The summed E-state index contributed by atoms with van der Waals surface area (Å²) in [6.45, 7) is 3.72. The predicted molar refractivity (Wildman–Crippen MR) is 134 cm³/mol. The number of amides is 2. The zero-order valence-electron chi connectivity index (χ0n) is 19.1. The molecule has 0 saturated carbocycles. The highest BCUT2D eigenvalue weighted by molar-refractivity contribution is 8.00. The summed E-state index contributed by atoms with van der Waals surface area (Å²) >= 11 is 1.38. The number of carboxylic acids is 1. The summed E-state index contributed by atoms with van der Waals surface area (Å²) in [6, 6.07) is 18.7. The topological polar surface area (TPSA) is 105 Å². The average Bonchev–Trinajstić information content (AvgIpc) is 2.83. The van der Waals surface area contributed by atoms with Gasteiger partial charge in [0.25, 0.3) is 5.91 Å². The number of methoxy groups -OCH3 is 1. The number of hydrogen-bond donors (Lipinski definition) is 3. The maximum absolute atomic E-state index is 12.9. The minimum Gasteiger partial charge on any atom is -0.497 e. The Bertz CT molecular complexity index is 1190. The van der Waals surface area contributed by atoms with E-state index in [0.29, 0.717) is 29.1 Å². The second-order valence-corrected chi connectivity index (χ2v) is 8.83. The number of anilines is 2. The van der Waals surface area contributed by atoms with E-state index in [1.807, 2.05) is 32.0 Å². The molecule has 0 fully saturated rings. The molecule has 0 bridgehead atoms. The zero-order valence-corrected chi connectivity index (χ0v) is 19.9. The third kappa shape index (κ3) is 6.39. The lowest BCUT2D eigenvalue weighted by Crippen LogP contribution is -2.25. The first-order valence-electron chi connectivity index (χ1n) is 10.7. The highest BCUT2D eigenvalue weighted by Gasteiger charge is 2.20. The van der Waals surface area contributed by atoms with Crippen LogP contribution in [0.3, 0.4) is 0 Å². The van der Waals surface area contributed by atoms with Crippen molar-refractivity contribution in [1.29, 1.82) is 0 Å². The molecule has 0 aliphatic heterocycles. The monoisotopic (exact) mass is 478 g/mol. The van der Waals surface area contributed by atoms with Crippen molar-refractivity contribution in [3.05, 3.63) is 83.4 Å². The van der Waals surface area contributed by atoms with E-state index >= 15 is 0 Å². The third-order valence-electron chi connectivity index (χ3n) is 5.13. The van der Waals surface area contributed by atoms with Crippen LogP contribution < -0.4 is 15.4 Å². The van der Waals surface area contributed by atoms with Gasteiger partial charge in [-0.25, -0.2) is 4.79 Å². The number of rotatable bonds is 9. The molecular weight excluding hydrogens is 452 g/mol. The van der Waals surface area contributed by atoms with Crippen molar-refractivity contribution in [3.8, 4) is 5.75 Å². The zero-order chi connectivity index (χ0) is 24.7. The first kappa shape index (κ1) is 24.9. The molecule has 0 spiro atoms. The molecule has 1 unspecified atom stereocenters. The van der Waals surface area contributed by atoms with Crippen LogP contribution in [-0.2, 0) is 4.79 Å². The number of nitrogens with one attached hydrogen (secondary N) is 2. The molecule has 1 atom stereocenters. The van der Waals surface area contributed by atoms with Crippen molar-refractivity contribution in [1.82, 2.24) is 0 Å². The maximum atomic E-state index is 12.9. The number of carboxylic acid groups (broad SMARTS) is 1. The van der Waals surface area contributed by atoms with E-state index in [4.69, 9.17) is 4.74 Å². The van der Waals surface area contributed by atoms with Gasteiger partial charge < -0.3 is 20.5 Å². The second-order valence-electron chi connectivity index (χ2n) is 7.55. The number of carbonyl (C=O) groups is 3. The van der Waals surface area contributed by atoms with Gasteiger partial charge in [-0.3, -0.25) is 9.59 Å². The Morgan fingerprint density at radius 3 is 2.32 bits per heavy atom. The number of benzene rings is 3. The Morgan fingerprint density at radius 2 is 1.68 bits per heavy atom.